The SMILES string of the molecule is Cc1cc(Cn2c(=S)[nH]c3cc(Cl)c(F)cc32)on1. The first-order valence-electron chi connectivity index (χ1n) is 5.54. The minimum Gasteiger partial charge on any atom is -0.359 e. The normalized spacial score (nSPS) is 11.3. The molecular formula is C12H9ClFN3OS. The summed E-state index contributed by atoms with van der Waals surface area (Å²) in [5, 5.41) is 3.87. The second kappa shape index (κ2) is 4.47. The second-order valence-electron chi connectivity index (χ2n) is 4.23. The summed E-state index contributed by atoms with van der Waals surface area (Å²) < 4.78 is 20.9. The summed E-state index contributed by atoms with van der Waals surface area (Å²) in [4.78, 5) is 2.99. The summed E-state index contributed by atoms with van der Waals surface area (Å²) in [6, 6.07) is 4.68. The molecule has 0 aliphatic heterocycles. The maximum absolute atomic E-state index is 13.6. The van der Waals surface area contributed by atoms with Gasteiger partial charge in [0.1, 0.15) is 5.82 Å². The average Bonchev–Trinajstić information content (AvgIpc) is 2.87. The zero-order valence-electron chi connectivity index (χ0n) is 9.91. The molecule has 1 N–H and O–H groups in total. The van der Waals surface area contributed by atoms with Crippen molar-refractivity contribution in [1.82, 2.24) is 14.7 Å². The Hall–Kier alpha value is -1.66. The lowest BCUT2D eigenvalue weighted by atomic mass is 10.3. The fraction of sp³-hybridized carbons (Fsp3) is 0.167. The van der Waals surface area contributed by atoms with Crippen LogP contribution < -0.4 is 0 Å². The Morgan fingerprint density at radius 2 is 2.26 bits per heavy atom. The van der Waals surface area contributed by atoms with Crippen LogP contribution in [0.4, 0.5) is 4.39 Å². The molecule has 98 valence electrons. The predicted molar refractivity (Wildman–Crippen MR) is 72.4 cm³/mol. The zero-order chi connectivity index (χ0) is 13.6. The number of aromatic nitrogens is 3. The van der Waals surface area contributed by atoms with Crippen LogP contribution in [0.15, 0.2) is 22.7 Å². The molecule has 19 heavy (non-hydrogen) atoms. The number of nitrogens with one attached hydrogen (secondary N) is 1. The highest BCUT2D eigenvalue weighted by molar-refractivity contribution is 7.71. The predicted octanol–water partition coefficient (Wildman–Crippen LogP) is 3.84. The fourth-order valence-corrected chi connectivity index (χ4v) is 2.39. The number of imidazole rings is 1. The molecule has 0 spiro atoms. The summed E-state index contributed by atoms with van der Waals surface area (Å²) in [7, 11) is 0. The monoisotopic (exact) mass is 297 g/mol. The van der Waals surface area contributed by atoms with Crippen LogP contribution in [0.3, 0.4) is 0 Å². The lowest BCUT2D eigenvalue weighted by Gasteiger charge is -2.01. The van der Waals surface area contributed by atoms with Gasteiger partial charge in [0.25, 0.3) is 0 Å². The van der Waals surface area contributed by atoms with Gasteiger partial charge in [0.15, 0.2) is 10.5 Å². The quantitative estimate of drug-likeness (QED) is 0.731. The highest BCUT2D eigenvalue weighted by Crippen LogP contribution is 2.23. The summed E-state index contributed by atoms with van der Waals surface area (Å²) in [5.41, 5.74) is 2.11. The summed E-state index contributed by atoms with van der Waals surface area (Å²) in [5.74, 6) is 0.176. The number of aromatic amines is 1. The molecule has 0 bridgehead atoms. The Balaban J connectivity index is 2.15. The number of hydrogen-bond acceptors (Lipinski definition) is 3. The van der Waals surface area contributed by atoms with Gasteiger partial charge >= 0.3 is 0 Å². The second-order valence-corrected chi connectivity index (χ2v) is 5.03. The van der Waals surface area contributed by atoms with Crippen molar-refractivity contribution in [2.45, 2.75) is 13.5 Å². The molecule has 0 amide bonds. The Bertz CT molecular complexity index is 820. The summed E-state index contributed by atoms with van der Waals surface area (Å²) in [6.45, 7) is 2.22. The van der Waals surface area contributed by atoms with Crippen molar-refractivity contribution in [2.24, 2.45) is 0 Å². The zero-order valence-corrected chi connectivity index (χ0v) is 11.5. The molecule has 3 rings (SSSR count). The fourth-order valence-electron chi connectivity index (χ4n) is 1.96. The number of H-pyrrole nitrogens is 1. The number of aryl methyl sites for hydroxylation is 1. The number of rotatable bonds is 2. The first kappa shape index (κ1) is 12.4. The van der Waals surface area contributed by atoms with Gasteiger partial charge in [-0.1, -0.05) is 16.8 Å². The van der Waals surface area contributed by atoms with E-state index in [2.05, 4.69) is 10.1 Å². The molecule has 1 aromatic carbocycles. The number of benzene rings is 1. The van der Waals surface area contributed by atoms with Crippen LogP contribution in [0.2, 0.25) is 5.02 Å². The molecule has 0 aliphatic carbocycles. The number of nitrogens with zero attached hydrogens (tertiary/aromatic N) is 2. The van der Waals surface area contributed by atoms with Crippen molar-refractivity contribution in [2.75, 3.05) is 0 Å². The van der Waals surface area contributed by atoms with Crippen molar-refractivity contribution < 1.29 is 8.91 Å². The Morgan fingerprint density at radius 1 is 1.47 bits per heavy atom. The largest absolute Gasteiger partial charge is 0.359 e. The van der Waals surface area contributed by atoms with Gasteiger partial charge in [-0.3, -0.25) is 0 Å². The van der Waals surface area contributed by atoms with Crippen LogP contribution in [0.5, 0.6) is 0 Å². The molecule has 0 aliphatic rings. The van der Waals surface area contributed by atoms with E-state index in [1.54, 1.807) is 4.57 Å². The number of hydrogen-bond donors (Lipinski definition) is 1. The number of halogens is 2. The molecule has 0 unspecified atom stereocenters. The maximum atomic E-state index is 13.6. The van der Waals surface area contributed by atoms with Crippen LogP contribution in [-0.2, 0) is 6.54 Å². The van der Waals surface area contributed by atoms with Crippen LogP contribution in [0, 0.1) is 17.5 Å². The van der Waals surface area contributed by atoms with E-state index in [9.17, 15) is 4.39 Å². The van der Waals surface area contributed by atoms with Crippen LogP contribution in [-0.4, -0.2) is 14.7 Å². The molecule has 4 nitrogen and oxygen atoms in total. The molecule has 2 heterocycles. The van der Waals surface area contributed by atoms with E-state index in [1.165, 1.54) is 12.1 Å². The Morgan fingerprint density at radius 3 is 2.95 bits per heavy atom. The summed E-state index contributed by atoms with van der Waals surface area (Å²) >= 11 is 11.0. The van der Waals surface area contributed by atoms with Gasteiger partial charge < -0.3 is 14.1 Å². The highest BCUT2D eigenvalue weighted by atomic mass is 35.5. The molecular weight excluding hydrogens is 289 g/mol. The van der Waals surface area contributed by atoms with Gasteiger partial charge in [0, 0.05) is 12.1 Å². The van der Waals surface area contributed by atoms with E-state index >= 15 is 0 Å². The van der Waals surface area contributed by atoms with Crippen molar-refractivity contribution in [3.63, 3.8) is 0 Å². The molecule has 0 fully saturated rings. The van der Waals surface area contributed by atoms with Gasteiger partial charge in [-0.25, -0.2) is 4.39 Å². The van der Waals surface area contributed by atoms with Crippen LogP contribution >= 0.6 is 23.8 Å². The Kier molecular flexibility index (Phi) is 2.91. The first-order chi connectivity index (χ1) is 9.04. The van der Waals surface area contributed by atoms with Crippen molar-refractivity contribution in [3.05, 3.63) is 45.3 Å². The van der Waals surface area contributed by atoms with Crippen molar-refractivity contribution in [1.29, 1.82) is 0 Å². The van der Waals surface area contributed by atoms with Gasteiger partial charge in [-0.2, -0.15) is 0 Å². The Labute approximate surface area is 117 Å². The highest BCUT2D eigenvalue weighted by Gasteiger charge is 2.11. The topological polar surface area (TPSA) is 46.8 Å². The van der Waals surface area contributed by atoms with Gasteiger partial charge in [0.05, 0.1) is 28.3 Å². The molecule has 2 aromatic heterocycles. The van der Waals surface area contributed by atoms with E-state index in [0.717, 1.165) is 5.69 Å². The molecule has 0 atom stereocenters. The lowest BCUT2D eigenvalue weighted by molar-refractivity contribution is 0.373. The van der Waals surface area contributed by atoms with Gasteiger partial charge in [0.2, 0.25) is 0 Å². The first-order valence-corrected chi connectivity index (χ1v) is 6.33. The smallest absolute Gasteiger partial charge is 0.178 e. The minimum atomic E-state index is -0.481. The molecule has 0 saturated carbocycles. The molecule has 3 aromatic rings. The third-order valence-electron chi connectivity index (χ3n) is 2.81. The van der Waals surface area contributed by atoms with E-state index in [0.29, 0.717) is 28.1 Å². The van der Waals surface area contributed by atoms with Gasteiger partial charge in [-0.15, -0.1) is 0 Å². The van der Waals surface area contributed by atoms with E-state index in [-0.39, 0.29) is 5.02 Å². The standard InChI is InChI=1S/C12H9ClFN3OS/c1-6-2-7(18-16-6)5-17-11-4-9(14)8(13)3-10(11)15-12(17)19/h2-4H,5H2,1H3,(H,15,19). The molecule has 0 radical (unpaired) electrons. The number of fused-ring (bicyclic) bond motifs is 1. The third kappa shape index (κ3) is 2.17. The van der Waals surface area contributed by atoms with Crippen molar-refractivity contribution in [3.8, 4) is 0 Å². The van der Waals surface area contributed by atoms with Crippen LogP contribution in [0.25, 0.3) is 11.0 Å². The van der Waals surface area contributed by atoms with E-state index in [1.807, 2.05) is 13.0 Å². The van der Waals surface area contributed by atoms with E-state index < -0.39 is 5.82 Å². The molecule has 7 heteroatoms. The van der Waals surface area contributed by atoms with E-state index in [4.69, 9.17) is 28.3 Å². The lowest BCUT2D eigenvalue weighted by Crippen LogP contribution is -1.98. The third-order valence-corrected chi connectivity index (χ3v) is 3.42. The average molecular weight is 298 g/mol. The summed E-state index contributed by atoms with van der Waals surface area (Å²) in [6.07, 6.45) is 0. The molecule has 0 saturated heterocycles. The van der Waals surface area contributed by atoms with Crippen LogP contribution in [0.1, 0.15) is 11.5 Å². The minimum absolute atomic E-state index is 0.0615. The van der Waals surface area contributed by atoms with Crippen molar-refractivity contribution >= 4 is 34.9 Å². The van der Waals surface area contributed by atoms with Gasteiger partial charge in [-0.05, 0) is 25.2 Å². The maximum Gasteiger partial charge on any atom is 0.178 e.